The zero-order chi connectivity index (χ0) is 11.3. The summed E-state index contributed by atoms with van der Waals surface area (Å²) in [5.41, 5.74) is 1.59. The van der Waals surface area contributed by atoms with Gasteiger partial charge in [0, 0.05) is 0 Å². The van der Waals surface area contributed by atoms with Gasteiger partial charge in [-0.15, -0.1) is 0 Å². The van der Waals surface area contributed by atoms with E-state index in [4.69, 9.17) is 4.74 Å². The Bertz CT molecular complexity index is 346. The van der Waals surface area contributed by atoms with E-state index in [9.17, 15) is 0 Å². The molecule has 5 fully saturated rings. The monoisotopic (exact) mass is 220 g/mol. The summed E-state index contributed by atoms with van der Waals surface area (Å²) in [6.45, 7) is 9.63. The molecule has 0 aromatic carbocycles. The van der Waals surface area contributed by atoms with Gasteiger partial charge in [0.05, 0.1) is 11.7 Å². The molecule has 0 amide bonds. The van der Waals surface area contributed by atoms with E-state index < -0.39 is 0 Å². The maximum absolute atomic E-state index is 5.74. The molecular formula is C15H24O. The molecule has 4 bridgehead atoms. The molecule has 1 aliphatic heterocycles. The zero-order valence-corrected chi connectivity index (χ0v) is 11.0. The molecule has 4 saturated carbocycles. The van der Waals surface area contributed by atoms with Crippen LogP contribution in [0.1, 0.15) is 53.4 Å². The maximum Gasteiger partial charge on any atom is 0.0892 e. The Hall–Kier alpha value is -0.0400. The van der Waals surface area contributed by atoms with Crippen LogP contribution in [-0.4, -0.2) is 11.7 Å². The Morgan fingerprint density at radius 2 is 1.62 bits per heavy atom. The molecule has 90 valence electrons. The van der Waals surface area contributed by atoms with Crippen LogP contribution in [0, 0.1) is 28.6 Å². The normalized spacial score (nSPS) is 63.8. The Balaban J connectivity index is 1.48. The highest BCUT2D eigenvalue weighted by Gasteiger charge is 2.81. The van der Waals surface area contributed by atoms with Crippen LogP contribution in [0.5, 0.6) is 0 Å². The van der Waals surface area contributed by atoms with Gasteiger partial charge in [0.1, 0.15) is 0 Å². The quantitative estimate of drug-likeness (QED) is 0.662. The SMILES string of the molecule is CC1(C)O[C@@H]1CC[C@@]1(C)C2C[C@@H]3[C@H](C2)C31C. The Labute approximate surface area is 98.9 Å². The third-order valence-corrected chi connectivity index (χ3v) is 7.22. The highest BCUT2D eigenvalue weighted by atomic mass is 16.6. The van der Waals surface area contributed by atoms with Gasteiger partial charge in [-0.1, -0.05) is 13.8 Å². The lowest BCUT2D eigenvalue weighted by atomic mass is 9.70. The van der Waals surface area contributed by atoms with Crippen molar-refractivity contribution in [1.29, 1.82) is 0 Å². The second kappa shape index (κ2) is 2.39. The highest BCUT2D eigenvalue weighted by molar-refractivity contribution is 5.28. The Morgan fingerprint density at radius 3 is 2.00 bits per heavy atom. The van der Waals surface area contributed by atoms with Crippen molar-refractivity contribution >= 4 is 0 Å². The van der Waals surface area contributed by atoms with Gasteiger partial charge in [0.25, 0.3) is 0 Å². The molecule has 1 heteroatoms. The van der Waals surface area contributed by atoms with E-state index in [-0.39, 0.29) is 5.60 Å². The standard InChI is InChI=1S/C15H24O/c1-13(2)12(16-13)5-6-14(3)9-7-10-11(8-9)15(10,14)4/h9-12H,5-8H2,1-4H3/t9?,10-,11+,12-,14+,15?/m1/s1. The summed E-state index contributed by atoms with van der Waals surface area (Å²) in [5.74, 6) is 3.26. The fraction of sp³-hybridized carbons (Fsp3) is 1.00. The molecule has 5 aliphatic rings. The van der Waals surface area contributed by atoms with E-state index in [1.54, 1.807) is 12.8 Å². The lowest BCUT2D eigenvalue weighted by Crippen LogP contribution is -2.28. The Morgan fingerprint density at radius 1 is 1.06 bits per heavy atom. The molecule has 0 N–H and O–H groups in total. The summed E-state index contributed by atoms with van der Waals surface area (Å²) in [6.07, 6.45) is 6.37. The second-order valence-corrected chi connectivity index (χ2v) is 7.83. The van der Waals surface area contributed by atoms with E-state index in [2.05, 4.69) is 27.7 Å². The number of hydrogen-bond acceptors (Lipinski definition) is 1. The van der Waals surface area contributed by atoms with Crippen molar-refractivity contribution in [3.05, 3.63) is 0 Å². The average Bonchev–Trinajstić information content (AvgIpc) is 2.82. The van der Waals surface area contributed by atoms with Crippen molar-refractivity contribution in [2.75, 3.05) is 0 Å². The third-order valence-electron chi connectivity index (χ3n) is 7.22. The van der Waals surface area contributed by atoms with Gasteiger partial charge in [-0.25, -0.2) is 0 Å². The van der Waals surface area contributed by atoms with E-state index in [0.29, 0.717) is 11.5 Å². The molecule has 0 aromatic heterocycles. The van der Waals surface area contributed by atoms with Gasteiger partial charge in [-0.3, -0.25) is 0 Å². The predicted octanol–water partition coefficient (Wildman–Crippen LogP) is 3.63. The van der Waals surface area contributed by atoms with E-state index in [0.717, 1.165) is 23.2 Å². The molecule has 0 radical (unpaired) electrons. The van der Waals surface area contributed by atoms with Crippen LogP contribution < -0.4 is 0 Å². The smallest absolute Gasteiger partial charge is 0.0892 e. The predicted molar refractivity (Wildman–Crippen MR) is 64.1 cm³/mol. The van der Waals surface area contributed by atoms with Crippen molar-refractivity contribution in [3.8, 4) is 0 Å². The third kappa shape index (κ3) is 0.868. The van der Waals surface area contributed by atoms with E-state index >= 15 is 0 Å². The molecule has 5 rings (SSSR count). The molecule has 6 atom stereocenters. The minimum atomic E-state index is 0.196. The molecule has 2 unspecified atom stereocenters. The molecule has 4 aliphatic carbocycles. The minimum absolute atomic E-state index is 0.196. The van der Waals surface area contributed by atoms with Crippen LogP contribution in [-0.2, 0) is 4.74 Å². The summed E-state index contributed by atoms with van der Waals surface area (Å²) >= 11 is 0. The maximum atomic E-state index is 5.74. The first kappa shape index (κ1) is 9.94. The first-order chi connectivity index (χ1) is 7.39. The van der Waals surface area contributed by atoms with Crippen molar-refractivity contribution in [3.63, 3.8) is 0 Å². The van der Waals surface area contributed by atoms with Crippen LogP contribution in [0.3, 0.4) is 0 Å². The van der Waals surface area contributed by atoms with Gasteiger partial charge in [-0.2, -0.15) is 0 Å². The number of hydrogen-bond donors (Lipinski definition) is 0. The fourth-order valence-corrected chi connectivity index (χ4v) is 5.68. The molecule has 0 spiro atoms. The number of ether oxygens (including phenoxy) is 1. The highest BCUT2D eigenvalue weighted by Crippen LogP contribution is 2.87. The molecular weight excluding hydrogens is 196 g/mol. The first-order valence-corrected chi connectivity index (χ1v) is 7.07. The fourth-order valence-electron chi connectivity index (χ4n) is 5.68. The van der Waals surface area contributed by atoms with Crippen LogP contribution >= 0.6 is 0 Å². The summed E-state index contributed by atoms with van der Waals surface area (Å²) in [6, 6.07) is 0. The topological polar surface area (TPSA) is 12.5 Å². The van der Waals surface area contributed by atoms with Crippen molar-refractivity contribution in [2.45, 2.75) is 65.1 Å². The average molecular weight is 220 g/mol. The van der Waals surface area contributed by atoms with Crippen molar-refractivity contribution < 1.29 is 4.74 Å². The summed E-state index contributed by atoms with van der Waals surface area (Å²) in [7, 11) is 0. The summed E-state index contributed by atoms with van der Waals surface area (Å²) in [5, 5.41) is 0. The lowest BCUT2D eigenvalue weighted by molar-refractivity contribution is 0.143. The zero-order valence-electron chi connectivity index (χ0n) is 11.0. The van der Waals surface area contributed by atoms with Crippen molar-refractivity contribution in [2.24, 2.45) is 28.6 Å². The molecule has 1 nitrogen and oxygen atoms in total. The van der Waals surface area contributed by atoms with Gasteiger partial charge in [-0.05, 0) is 68.1 Å². The van der Waals surface area contributed by atoms with E-state index in [1.807, 2.05) is 0 Å². The summed E-state index contributed by atoms with van der Waals surface area (Å²) in [4.78, 5) is 0. The molecule has 16 heavy (non-hydrogen) atoms. The van der Waals surface area contributed by atoms with Crippen LogP contribution in [0.15, 0.2) is 0 Å². The van der Waals surface area contributed by atoms with Gasteiger partial charge in [0.15, 0.2) is 0 Å². The Kier molecular flexibility index (Phi) is 1.48. The second-order valence-electron chi connectivity index (χ2n) is 7.83. The van der Waals surface area contributed by atoms with Gasteiger partial charge in [0.2, 0.25) is 0 Å². The number of epoxide rings is 1. The molecule has 0 aromatic rings. The molecule has 1 saturated heterocycles. The largest absolute Gasteiger partial charge is 0.367 e. The van der Waals surface area contributed by atoms with Gasteiger partial charge < -0.3 is 4.74 Å². The summed E-state index contributed by atoms with van der Waals surface area (Å²) < 4.78 is 5.74. The van der Waals surface area contributed by atoms with Gasteiger partial charge >= 0.3 is 0 Å². The van der Waals surface area contributed by atoms with Crippen molar-refractivity contribution in [1.82, 2.24) is 0 Å². The molecule has 1 heterocycles. The van der Waals surface area contributed by atoms with Crippen LogP contribution in [0.25, 0.3) is 0 Å². The minimum Gasteiger partial charge on any atom is -0.367 e. The van der Waals surface area contributed by atoms with Crippen LogP contribution in [0.2, 0.25) is 0 Å². The van der Waals surface area contributed by atoms with Crippen LogP contribution in [0.4, 0.5) is 0 Å². The number of rotatable bonds is 3. The first-order valence-electron chi connectivity index (χ1n) is 7.07. The lowest BCUT2D eigenvalue weighted by Gasteiger charge is -2.34. The van der Waals surface area contributed by atoms with E-state index in [1.165, 1.54) is 12.8 Å².